The molecule has 1 unspecified atom stereocenters. The van der Waals surface area contributed by atoms with Gasteiger partial charge < -0.3 is 5.32 Å². The maximum atomic E-state index is 11.2. The molecule has 0 bridgehead atoms. The summed E-state index contributed by atoms with van der Waals surface area (Å²) in [6.45, 7) is 3.88. The van der Waals surface area contributed by atoms with E-state index < -0.39 is 4.92 Å². The van der Waals surface area contributed by atoms with Gasteiger partial charge in [0.15, 0.2) is 0 Å². The van der Waals surface area contributed by atoms with Gasteiger partial charge in [0.05, 0.1) is 23.3 Å². The number of carbonyl (C=O) groups is 1. The average Bonchev–Trinajstić information content (AvgIpc) is 2.89. The third-order valence-corrected chi connectivity index (χ3v) is 4.08. The molecule has 1 atom stereocenters. The summed E-state index contributed by atoms with van der Waals surface area (Å²) in [5.74, 6) is -0.00583. The molecular weight excluding hydrogens is 298 g/mol. The van der Waals surface area contributed by atoms with Gasteiger partial charge in [-0.25, -0.2) is 0 Å². The van der Waals surface area contributed by atoms with Gasteiger partial charge in [0.25, 0.3) is 5.69 Å². The van der Waals surface area contributed by atoms with Gasteiger partial charge in [-0.05, 0) is 18.9 Å². The second kappa shape index (κ2) is 6.33. The van der Waals surface area contributed by atoms with Crippen molar-refractivity contribution in [2.24, 2.45) is 0 Å². The largest absolute Gasteiger partial charge is 0.352 e. The molecule has 1 aliphatic heterocycles. The van der Waals surface area contributed by atoms with Crippen molar-refractivity contribution >= 4 is 22.5 Å². The highest BCUT2D eigenvalue weighted by molar-refractivity contribution is 5.81. The van der Waals surface area contributed by atoms with Crippen LogP contribution in [0.1, 0.15) is 19.8 Å². The van der Waals surface area contributed by atoms with Gasteiger partial charge in [-0.2, -0.15) is 5.10 Å². The second-order valence-corrected chi connectivity index (χ2v) is 5.90. The minimum Gasteiger partial charge on any atom is -0.352 e. The molecule has 0 radical (unpaired) electrons. The van der Waals surface area contributed by atoms with Gasteiger partial charge in [0.2, 0.25) is 5.91 Å². The van der Waals surface area contributed by atoms with E-state index in [-0.39, 0.29) is 17.6 Å². The van der Waals surface area contributed by atoms with E-state index >= 15 is 0 Å². The highest BCUT2D eigenvalue weighted by Crippen LogP contribution is 2.21. The van der Waals surface area contributed by atoms with Gasteiger partial charge in [0, 0.05) is 43.6 Å². The van der Waals surface area contributed by atoms with Crippen LogP contribution in [0.2, 0.25) is 0 Å². The number of rotatable bonds is 4. The van der Waals surface area contributed by atoms with E-state index in [9.17, 15) is 14.9 Å². The summed E-state index contributed by atoms with van der Waals surface area (Å²) < 4.78 is 1.84. The molecule has 8 nitrogen and oxygen atoms in total. The maximum Gasteiger partial charge on any atom is 0.270 e. The van der Waals surface area contributed by atoms with E-state index in [2.05, 4.69) is 15.3 Å². The lowest BCUT2D eigenvalue weighted by Crippen LogP contribution is -2.47. The van der Waals surface area contributed by atoms with Gasteiger partial charge in [-0.15, -0.1) is 0 Å². The van der Waals surface area contributed by atoms with E-state index in [1.807, 2.05) is 4.68 Å². The summed E-state index contributed by atoms with van der Waals surface area (Å²) in [5, 5.41) is 18.9. The molecule has 122 valence electrons. The van der Waals surface area contributed by atoms with E-state index in [0.717, 1.165) is 36.8 Å². The van der Waals surface area contributed by atoms with Crippen LogP contribution >= 0.6 is 0 Å². The molecule has 1 aromatic heterocycles. The van der Waals surface area contributed by atoms with E-state index in [1.54, 1.807) is 12.3 Å². The van der Waals surface area contributed by atoms with Crippen LogP contribution in [0, 0.1) is 10.1 Å². The fourth-order valence-corrected chi connectivity index (χ4v) is 3.08. The predicted octanol–water partition coefficient (Wildman–Crippen LogP) is 1.50. The fourth-order valence-electron chi connectivity index (χ4n) is 3.08. The van der Waals surface area contributed by atoms with Crippen LogP contribution in [0.15, 0.2) is 24.4 Å². The number of hydrogen-bond donors (Lipinski definition) is 1. The summed E-state index contributed by atoms with van der Waals surface area (Å²) in [5.41, 5.74) is 0.943. The number of nitrogens with one attached hydrogen (secondary N) is 1. The van der Waals surface area contributed by atoms with E-state index in [1.165, 1.54) is 19.1 Å². The van der Waals surface area contributed by atoms with Crippen molar-refractivity contribution < 1.29 is 9.72 Å². The van der Waals surface area contributed by atoms with Gasteiger partial charge >= 0.3 is 0 Å². The Hall–Kier alpha value is -2.48. The SMILES string of the molecule is CC(=O)NC1CCCN(Cn2ncc3cc([N+](=O)[O-])ccc32)C1. The van der Waals surface area contributed by atoms with Crippen molar-refractivity contribution in [3.63, 3.8) is 0 Å². The van der Waals surface area contributed by atoms with Crippen LogP contribution in [0.3, 0.4) is 0 Å². The Bertz CT molecular complexity index is 742. The Balaban J connectivity index is 1.73. The lowest BCUT2D eigenvalue weighted by Gasteiger charge is -2.32. The molecule has 1 N–H and O–H groups in total. The highest BCUT2D eigenvalue weighted by Gasteiger charge is 2.21. The smallest absolute Gasteiger partial charge is 0.270 e. The number of non-ortho nitro benzene ring substituents is 1. The number of piperidine rings is 1. The number of carbonyl (C=O) groups excluding carboxylic acids is 1. The first-order valence-corrected chi connectivity index (χ1v) is 7.62. The van der Waals surface area contributed by atoms with Gasteiger partial charge in [-0.1, -0.05) is 0 Å². The number of nitro groups is 1. The number of benzene rings is 1. The molecule has 0 spiro atoms. The first kappa shape index (κ1) is 15.4. The quantitative estimate of drug-likeness (QED) is 0.681. The molecule has 1 aliphatic rings. The average molecular weight is 317 g/mol. The molecule has 0 aliphatic carbocycles. The van der Waals surface area contributed by atoms with E-state index in [0.29, 0.717) is 6.67 Å². The van der Waals surface area contributed by atoms with Crippen molar-refractivity contribution in [2.75, 3.05) is 13.1 Å². The summed E-state index contributed by atoms with van der Waals surface area (Å²) in [6.07, 6.45) is 3.66. The van der Waals surface area contributed by atoms with Crippen molar-refractivity contribution in [3.05, 3.63) is 34.5 Å². The standard InChI is InChI=1S/C15H19N5O3/c1-11(21)17-13-3-2-6-18(9-13)10-19-15-5-4-14(20(22)23)7-12(15)8-16-19/h4-5,7-8,13H,2-3,6,9-10H2,1H3,(H,17,21). The Kier molecular flexibility index (Phi) is 4.24. The molecule has 23 heavy (non-hydrogen) atoms. The zero-order valence-electron chi connectivity index (χ0n) is 12.9. The molecular formula is C15H19N5O3. The van der Waals surface area contributed by atoms with Crippen LogP contribution in [-0.4, -0.2) is 44.6 Å². The van der Waals surface area contributed by atoms with Gasteiger partial charge in [0.1, 0.15) is 0 Å². The number of hydrogen-bond acceptors (Lipinski definition) is 5. The summed E-state index contributed by atoms with van der Waals surface area (Å²) in [6, 6.07) is 4.94. The highest BCUT2D eigenvalue weighted by atomic mass is 16.6. The first-order chi connectivity index (χ1) is 11.0. The molecule has 3 rings (SSSR count). The first-order valence-electron chi connectivity index (χ1n) is 7.62. The minimum absolute atomic E-state index is 0.00583. The van der Waals surface area contributed by atoms with E-state index in [4.69, 9.17) is 0 Å². The van der Waals surface area contributed by atoms with Crippen molar-refractivity contribution in [2.45, 2.75) is 32.5 Å². The van der Waals surface area contributed by atoms with Crippen LogP contribution < -0.4 is 5.32 Å². The second-order valence-electron chi connectivity index (χ2n) is 5.90. The Morgan fingerprint density at radius 1 is 1.52 bits per heavy atom. The number of nitrogens with zero attached hydrogens (tertiary/aromatic N) is 4. The van der Waals surface area contributed by atoms with Crippen molar-refractivity contribution in [1.29, 1.82) is 0 Å². The Morgan fingerprint density at radius 2 is 2.35 bits per heavy atom. The molecule has 0 saturated carbocycles. The molecule has 2 heterocycles. The topological polar surface area (TPSA) is 93.3 Å². The normalized spacial score (nSPS) is 18.9. The van der Waals surface area contributed by atoms with Crippen LogP contribution in [0.4, 0.5) is 5.69 Å². The molecule has 1 saturated heterocycles. The molecule has 8 heteroatoms. The fraction of sp³-hybridized carbons (Fsp3) is 0.467. The lowest BCUT2D eigenvalue weighted by molar-refractivity contribution is -0.384. The van der Waals surface area contributed by atoms with Crippen molar-refractivity contribution in [1.82, 2.24) is 20.0 Å². The Labute approximate surface area is 133 Å². The predicted molar refractivity (Wildman–Crippen MR) is 84.8 cm³/mol. The van der Waals surface area contributed by atoms with Crippen LogP contribution in [-0.2, 0) is 11.5 Å². The molecule has 1 aromatic carbocycles. The summed E-state index contributed by atoms with van der Waals surface area (Å²) in [7, 11) is 0. The summed E-state index contributed by atoms with van der Waals surface area (Å²) in [4.78, 5) is 23.9. The van der Waals surface area contributed by atoms with Gasteiger partial charge in [-0.3, -0.25) is 24.5 Å². The number of nitro benzene ring substituents is 1. The van der Waals surface area contributed by atoms with Crippen LogP contribution in [0.5, 0.6) is 0 Å². The zero-order valence-corrected chi connectivity index (χ0v) is 12.9. The third-order valence-electron chi connectivity index (χ3n) is 4.08. The number of likely N-dealkylation sites (tertiary alicyclic amines) is 1. The third kappa shape index (κ3) is 3.48. The molecule has 1 fully saturated rings. The monoisotopic (exact) mass is 317 g/mol. The number of amides is 1. The van der Waals surface area contributed by atoms with Crippen LogP contribution in [0.25, 0.3) is 10.9 Å². The minimum atomic E-state index is -0.403. The van der Waals surface area contributed by atoms with Crippen molar-refractivity contribution in [3.8, 4) is 0 Å². The maximum absolute atomic E-state index is 11.2. The summed E-state index contributed by atoms with van der Waals surface area (Å²) >= 11 is 0. The molecule has 2 aromatic rings. The zero-order chi connectivity index (χ0) is 16.4. The number of aromatic nitrogens is 2. The lowest BCUT2D eigenvalue weighted by atomic mass is 10.1. The number of fused-ring (bicyclic) bond motifs is 1. The molecule has 1 amide bonds. The Morgan fingerprint density at radius 3 is 3.09 bits per heavy atom.